The van der Waals surface area contributed by atoms with Crippen molar-refractivity contribution in [3.63, 3.8) is 0 Å². The van der Waals surface area contributed by atoms with Gasteiger partial charge < -0.3 is 10.5 Å². The summed E-state index contributed by atoms with van der Waals surface area (Å²) in [5.41, 5.74) is 6.39. The zero-order valence-corrected chi connectivity index (χ0v) is 9.35. The summed E-state index contributed by atoms with van der Waals surface area (Å²) in [5, 5.41) is 0. The molecule has 0 bridgehead atoms. The van der Waals surface area contributed by atoms with E-state index < -0.39 is 5.54 Å². The number of nitrogens with zero attached hydrogens (tertiary/aromatic N) is 1. The van der Waals surface area contributed by atoms with Crippen molar-refractivity contribution in [3.05, 3.63) is 35.9 Å². The van der Waals surface area contributed by atoms with E-state index in [4.69, 9.17) is 10.5 Å². The van der Waals surface area contributed by atoms with E-state index in [1.54, 1.807) is 4.90 Å². The highest BCUT2D eigenvalue weighted by molar-refractivity contribution is 5.71. The first-order valence-electron chi connectivity index (χ1n) is 5.38. The van der Waals surface area contributed by atoms with Gasteiger partial charge in [-0.05, 0) is 12.5 Å². The van der Waals surface area contributed by atoms with Crippen LogP contribution in [0.3, 0.4) is 0 Å². The maximum Gasteiger partial charge on any atom is 0.410 e. The summed E-state index contributed by atoms with van der Waals surface area (Å²) in [6, 6.07) is 9.81. The van der Waals surface area contributed by atoms with E-state index in [1.807, 2.05) is 37.3 Å². The average Bonchev–Trinajstić information content (AvgIpc) is 2.76. The van der Waals surface area contributed by atoms with Crippen LogP contribution in [0.5, 0.6) is 0 Å². The second kappa shape index (κ2) is 4.14. The summed E-state index contributed by atoms with van der Waals surface area (Å²) in [5.74, 6) is 0. The van der Waals surface area contributed by atoms with Gasteiger partial charge in [-0.2, -0.15) is 0 Å². The molecule has 1 heterocycles. The molecule has 0 radical (unpaired) electrons. The van der Waals surface area contributed by atoms with Crippen molar-refractivity contribution in [2.24, 2.45) is 5.73 Å². The molecule has 1 saturated heterocycles. The van der Waals surface area contributed by atoms with Crippen LogP contribution in [0, 0.1) is 0 Å². The van der Waals surface area contributed by atoms with Crippen LogP contribution in [-0.2, 0) is 10.3 Å². The first-order chi connectivity index (χ1) is 7.68. The molecule has 1 aliphatic heterocycles. The number of hydrogen-bond donors (Lipinski definition) is 1. The van der Waals surface area contributed by atoms with Crippen molar-refractivity contribution in [3.8, 4) is 0 Å². The quantitative estimate of drug-likeness (QED) is 0.835. The van der Waals surface area contributed by atoms with Crippen molar-refractivity contribution in [2.45, 2.75) is 12.5 Å². The van der Waals surface area contributed by atoms with Gasteiger partial charge in [-0.3, -0.25) is 4.90 Å². The van der Waals surface area contributed by atoms with Gasteiger partial charge in [0.2, 0.25) is 0 Å². The molecule has 1 atom stereocenters. The Kier molecular flexibility index (Phi) is 2.83. The maximum atomic E-state index is 11.6. The van der Waals surface area contributed by atoms with Gasteiger partial charge in [0, 0.05) is 6.54 Å². The van der Waals surface area contributed by atoms with Crippen molar-refractivity contribution in [1.29, 1.82) is 0 Å². The third kappa shape index (κ3) is 1.65. The van der Waals surface area contributed by atoms with Crippen LogP contribution < -0.4 is 5.73 Å². The molecular formula is C12H16N2O2. The molecule has 1 unspecified atom stereocenters. The third-order valence-corrected chi connectivity index (χ3v) is 3.15. The molecule has 1 aromatic rings. The maximum absolute atomic E-state index is 11.6. The Balaban J connectivity index is 2.35. The smallest absolute Gasteiger partial charge is 0.410 e. The van der Waals surface area contributed by atoms with Gasteiger partial charge in [0.15, 0.2) is 0 Å². The predicted octanol–water partition coefficient (Wildman–Crippen LogP) is 1.31. The second-order valence-electron chi connectivity index (χ2n) is 4.11. The summed E-state index contributed by atoms with van der Waals surface area (Å²) in [7, 11) is 0. The SMILES string of the molecule is CC(CN)(c1ccccc1)N1CCOC1=O. The van der Waals surface area contributed by atoms with Crippen LogP contribution in [-0.4, -0.2) is 30.7 Å². The second-order valence-corrected chi connectivity index (χ2v) is 4.11. The largest absolute Gasteiger partial charge is 0.448 e. The van der Waals surface area contributed by atoms with E-state index in [0.29, 0.717) is 19.7 Å². The lowest BCUT2D eigenvalue weighted by atomic mass is 9.90. The fourth-order valence-electron chi connectivity index (χ4n) is 2.02. The Bertz CT molecular complexity index is 380. The molecule has 16 heavy (non-hydrogen) atoms. The number of benzene rings is 1. The molecule has 86 valence electrons. The average molecular weight is 220 g/mol. The van der Waals surface area contributed by atoms with Crippen LogP contribution in [0.1, 0.15) is 12.5 Å². The number of amides is 1. The number of hydrogen-bond acceptors (Lipinski definition) is 3. The molecule has 1 fully saturated rings. The Morgan fingerprint density at radius 1 is 1.44 bits per heavy atom. The van der Waals surface area contributed by atoms with Gasteiger partial charge in [-0.25, -0.2) is 4.79 Å². The van der Waals surface area contributed by atoms with Crippen molar-refractivity contribution in [1.82, 2.24) is 4.90 Å². The van der Waals surface area contributed by atoms with Gasteiger partial charge in [-0.15, -0.1) is 0 Å². The molecular weight excluding hydrogens is 204 g/mol. The van der Waals surface area contributed by atoms with E-state index in [1.165, 1.54) is 0 Å². The first-order valence-corrected chi connectivity index (χ1v) is 5.38. The van der Waals surface area contributed by atoms with Crippen molar-refractivity contribution >= 4 is 6.09 Å². The first kappa shape index (κ1) is 11.0. The number of carbonyl (C=O) groups excluding carboxylic acids is 1. The molecule has 0 aromatic heterocycles. The summed E-state index contributed by atoms with van der Waals surface area (Å²) >= 11 is 0. The highest BCUT2D eigenvalue weighted by Crippen LogP contribution is 2.29. The lowest BCUT2D eigenvalue weighted by Crippen LogP contribution is -2.49. The van der Waals surface area contributed by atoms with Crippen LogP contribution >= 0.6 is 0 Å². The van der Waals surface area contributed by atoms with Gasteiger partial charge in [0.05, 0.1) is 12.1 Å². The molecule has 2 N–H and O–H groups in total. The predicted molar refractivity (Wildman–Crippen MR) is 60.9 cm³/mol. The minimum atomic E-state index is -0.477. The van der Waals surface area contributed by atoms with Gasteiger partial charge in [0.25, 0.3) is 0 Å². The van der Waals surface area contributed by atoms with E-state index >= 15 is 0 Å². The zero-order valence-electron chi connectivity index (χ0n) is 9.35. The van der Waals surface area contributed by atoms with Gasteiger partial charge >= 0.3 is 6.09 Å². The third-order valence-electron chi connectivity index (χ3n) is 3.15. The highest BCUT2D eigenvalue weighted by Gasteiger charge is 2.39. The lowest BCUT2D eigenvalue weighted by Gasteiger charge is -2.36. The summed E-state index contributed by atoms with van der Waals surface area (Å²) < 4.78 is 4.97. The minimum Gasteiger partial charge on any atom is -0.448 e. The number of carbonyl (C=O) groups is 1. The van der Waals surface area contributed by atoms with Crippen LogP contribution in [0.2, 0.25) is 0 Å². The van der Waals surface area contributed by atoms with E-state index in [2.05, 4.69) is 0 Å². The molecule has 0 spiro atoms. The molecule has 4 heteroatoms. The summed E-state index contributed by atoms with van der Waals surface area (Å²) in [6.45, 7) is 3.39. The normalized spacial score (nSPS) is 19.4. The van der Waals surface area contributed by atoms with E-state index in [9.17, 15) is 4.79 Å². The Morgan fingerprint density at radius 3 is 2.62 bits per heavy atom. The number of ether oxygens (including phenoxy) is 1. The molecule has 0 saturated carbocycles. The highest BCUT2D eigenvalue weighted by atomic mass is 16.6. The number of nitrogens with two attached hydrogens (primary N) is 1. The molecule has 1 aromatic carbocycles. The Morgan fingerprint density at radius 2 is 2.12 bits per heavy atom. The minimum absolute atomic E-state index is 0.281. The van der Waals surface area contributed by atoms with Crippen molar-refractivity contribution < 1.29 is 9.53 Å². The van der Waals surface area contributed by atoms with Crippen LogP contribution in [0.4, 0.5) is 4.79 Å². The number of cyclic esters (lactones) is 1. The van der Waals surface area contributed by atoms with Crippen molar-refractivity contribution in [2.75, 3.05) is 19.7 Å². The molecule has 2 rings (SSSR count). The molecule has 0 aliphatic carbocycles. The van der Waals surface area contributed by atoms with Crippen LogP contribution in [0.15, 0.2) is 30.3 Å². The molecule has 1 amide bonds. The van der Waals surface area contributed by atoms with E-state index in [0.717, 1.165) is 5.56 Å². The fourth-order valence-corrected chi connectivity index (χ4v) is 2.02. The van der Waals surface area contributed by atoms with Crippen LogP contribution in [0.25, 0.3) is 0 Å². The summed E-state index contributed by atoms with van der Waals surface area (Å²) in [6.07, 6.45) is -0.281. The van der Waals surface area contributed by atoms with E-state index in [-0.39, 0.29) is 6.09 Å². The molecule has 1 aliphatic rings. The summed E-state index contributed by atoms with van der Waals surface area (Å²) in [4.78, 5) is 13.3. The number of rotatable bonds is 3. The Hall–Kier alpha value is -1.55. The fraction of sp³-hybridized carbons (Fsp3) is 0.417. The standard InChI is InChI=1S/C12H16N2O2/c1-12(9-13,10-5-3-2-4-6-10)14-7-8-16-11(14)15/h2-6H,7-9,13H2,1H3. The monoisotopic (exact) mass is 220 g/mol. The molecule has 4 nitrogen and oxygen atoms in total. The topological polar surface area (TPSA) is 55.6 Å². The zero-order chi connectivity index (χ0) is 11.6. The van der Waals surface area contributed by atoms with Gasteiger partial charge in [0.1, 0.15) is 6.61 Å². The lowest BCUT2D eigenvalue weighted by molar-refractivity contribution is 0.121. The van der Waals surface area contributed by atoms with Gasteiger partial charge in [-0.1, -0.05) is 30.3 Å². The Labute approximate surface area is 95.0 Å².